The molecule has 4 rings (SSSR count). The van der Waals surface area contributed by atoms with Gasteiger partial charge < -0.3 is 19.2 Å². The number of fused-ring (bicyclic) bond motifs is 1. The van der Waals surface area contributed by atoms with Crippen LogP contribution in [0.15, 0.2) is 79.1 Å². The number of hydrogen-bond donors (Lipinski definition) is 2. The summed E-state index contributed by atoms with van der Waals surface area (Å²) in [4.78, 5) is 24.8. The van der Waals surface area contributed by atoms with Crippen LogP contribution in [0.3, 0.4) is 0 Å². The number of carbonyl (C=O) groups is 2. The van der Waals surface area contributed by atoms with Crippen LogP contribution in [0.25, 0.3) is 11.0 Å². The fourth-order valence-corrected chi connectivity index (χ4v) is 4.15. The lowest BCUT2D eigenvalue weighted by molar-refractivity contribution is -0.118. The molecule has 10 heteroatoms. The average molecular weight is 629 g/mol. The maximum Gasteiger partial charge on any atom is 0.307 e. The Hall–Kier alpha value is -3.63. The summed E-state index contributed by atoms with van der Waals surface area (Å²) < 4.78 is 18.5. The normalized spacial score (nSPS) is 11.0. The third kappa shape index (κ3) is 6.99. The fraction of sp³-hybridized carbons (Fsp3) is 0.148. The molecule has 0 aliphatic heterocycles. The number of hydrogen-bond acceptors (Lipinski definition) is 6. The van der Waals surface area contributed by atoms with E-state index in [0.717, 1.165) is 15.4 Å². The van der Waals surface area contributed by atoms with Crippen LogP contribution in [0, 0.1) is 6.92 Å². The summed E-state index contributed by atoms with van der Waals surface area (Å²) in [6, 6.07) is 18.0. The predicted octanol–water partition coefficient (Wildman–Crippen LogP) is 6.45. The van der Waals surface area contributed by atoms with Crippen molar-refractivity contribution < 1.29 is 23.5 Å². The lowest BCUT2D eigenvalue weighted by atomic mass is 10.2. The highest BCUT2D eigenvalue weighted by atomic mass is 79.9. The van der Waals surface area contributed by atoms with Crippen LogP contribution in [0.4, 0.5) is 5.69 Å². The van der Waals surface area contributed by atoms with Gasteiger partial charge in [-0.1, -0.05) is 33.6 Å². The van der Waals surface area contributed by atoms with Gasteiger partial charge in [0.05, 0.1) is 12.8 Å². The number of benzene rings is 3. The van der Waals surface area contributed by atoms with Crippen LogP contribution in [-0.4, -0.2) is 31.2 Å². The van der Waals surface area contributed by atoms with Crippen molar-refractivity contribution in [3.05, 3.63) is 86.5 Å². The SMILES string of the molecule is CCOc1cc(/C=N/NC(=O)c2cc3cc(Br)ccc3o2)c(Br)cc1OCC(=O)Nc1ccc(C)cc1. The summed E-state index contributed by atoms with van der Waals surface area (Å²) in [5.74, 6) is 0.192. The van der Waals surface area contributed by atoms with Gasteiger partial charge >= 0.3 is 5.91 Å². The smallest absolute Gasteiger partial charge is 0.307 e. The van der Waals surface area contributed by atoms with Crippen molar-refractivity contribution in [2.75, 3.05) is 18.5 Å². The Kier molecular flexibility index (Phi) is 8.62. The predicted molar refractivity (Wildman–Crippen MR) is 150 cm³/mol. The highest BCUT2D eigenvalue weighted by molar-refractivity contribution is 9.10. The Balaban J connectivity index is 1.41. The van der Waals surface area contributed by atoms with E-state index >= 15 is 0 Å². The second-order valence-electron chi connectivity index (χ2n) is 7.95. The van der Waals surface area contributed by atoms with Crippen molar-refractivity contribution in [2.45, 2.75) is 13.8 Å². The molecule has 0 atom stereocenters. The molecule has 0 bridgehead atoms. The van der Waals surface area contributed by atoms with E-state index in [0.29, 0.717) is 39.4 Å². The number of halogens is 2. The largest absolute Gasteiger partial charge is 0.490 e. The monoisotopic (exact) mass is 627 g/mol. The van der Waals surface area contributed by atoms with E-state index in [2.05, 4.69) is 47.7 Å². The van der Waals surface area contributed by atoms with E-state index in [9.17, 15) is 9.59 Å². The van der Waals surface area contributed by atoms with Crippen LogP contribution < -0.4 is 20.2 Å². The quantitative estimate of drug-likeness (QED) is 0.164. The topological polar surface area (TPSA) is 102 Å². The molecule has 2 N–H and O–H groups in total. The summed E-state index contributed by atoms with van der Waals surface area (Å²) in [5.41, 5.74) is 5.49. The molecule has 0 aliphatic rings. The summed E-state index contributed by atoms with van der Waals surface area (Å²) in [5, 5.41) is 7.63. The van der Waals surface area contributed by atoms with Crippen LogP contribution in [0.1, 0.15) is 28.6 Å². The average Bonchev–Trinajstić information content (AvgIpc) is 3.29. The lowest BCUT2D eigenvalue weighted by Crippen LogP contribution is -2.20. The van der Waals surface area contributed by atoms with Crippen LogP contribution >= 0.6 is 31.9 Å². The molecular formula is C27H23Br2N3O5. The van der Waals surface area contributed by atoms with Gasteiger partial charge in [-0.15, -0.1) is 0 Å². The molecule has 0 spiro atoms. The van der Waals surface area contributed by atoms with E-state index in [1.54, 1.807) is 24.3 Å². The minimum absolute atomic E-state index is 0.145. The second kappa shape index (κ2) is 12.1. The standard InChI is InChI=1S/C27H23Br2N3O5/c1-3-35-23-12-18(14-30-32-27(34)25-11-17-10-19(28)6-9-22(17)37-25)21(29)13-24(23)36-15-26(33)31-20-7-4-16(2)5-8-20/h4-14H,3,15H2,1-2H3,(H,31,33)(H,32,34)/b30-14+. The molecule has 37 heavy (non-hydrogen) atoms. The summed E-state index contributed by atoms with van der Waals surface area (Å²) in [6.45, 7) is 4.01. The number of anilines is 1. The third-order valence-electron chi connectivity index (χ3n) is 5.13. The number of carbonyl (C=O) groups excluding carboxylic acids is 2. The first-order valence-corrected chi connectivity index (χ1v) is 12.9. The van der Waals surface area contributed by atoms with Crippen LogP contribution in [0.5, 0.6) is 11.5 Å². The van der Waals surface area contributed by atoms with Crippen molar-refractivity contribution in [3.8, 4) is 11.5 Å². The number of furan rings is 1. The van der Waals surface area contributed by atoms with Crippen molar-refractivity contribution in [2.24, 2.45) is 5.10 Å². The Bertz CT molecular complexity index is 1470. The molecule has 0 saturated heterocycles. The molecule has 190 valence electrons. The van der Waals surface area contributed by atoms with Gasteiger partial charge in [-0.05, 0) is 78.3 Å². The van der Waals surface area contributed by atoms with Gasteiger partial charge in [0.2, 0.25) is 0 Å². The highest BCUT2D eigenvalue weighted by Gasteiger charge is 2.14. The number of rotatable bonds is 9. The van der Waals surface area contributed by atoms with Gasteiger partial charge in [0.1, 0.15) is 5.58 Å². The van der Waals surface area contributed by atoms with Gasteiger partial charge in [0, 0.05) is 25.6 Å². The lowest BCUT2D eigenvalue weighted by Gasteiger charge is -2.14. The second-order valence-corrected chi connectivity index (χ2v) is 9.72. The zero-order valence-corrected chi connectivity index (χ0v) is 23.2. The van der Waals surface area contributed by atoms with Gasteiger partial charge in [-0.2, -0.15) is 5.10 Å². The van der Waals surface area contributed by atoms with E-state index in [1.165, 1.54) is 6.21 Å². The zero-order chi connectivity index (χ0) is 26.4. The van der Waals surface area contributed by atoms with Gasteiger partial charge in [-0.3, -0.25) is 9.59 Å². The first kappa shape index (κ1) is 26.4. The molecule has 4 aromatic rings. The van der Waals surface area contributed by atoms with Crippen molar-refractivity contribution in [3.63, 3.8) is 0 Å². The molecular weight excluding hydrogens is 606 g/mol. The van der Waals surface area contributed by atoms with E-state index in [4.69, 9.17) is 13.9 Å². The Labute approximate surface area is 230 Å². The Morgan fingerprint density at radius 3 is 2.51 bits per heavy atom. The van der Waals surface area contributed by atoms with Gasteiger partial charge in [0.15, 0.2) is 23.9 Å². The number of nitrogens with one attached hydrogen (secondary N) is 2. The molecule has 0 aliphatic carbocycles. The van der Waals surface area contributed by atoms with Gasteiger partial charge in [-0.25, -0.2) is 5.43 Å². The molecule has 1 heterocycles. The van der Waals surface area contributed by atoms with Crippen molar-refractivity contribution in [1.82, 2.24) is 5.43 Å². The summed E-state index contributed by atoms with van der Waals surface area (Å²) in [7, 11) is 0. The highest BCUT2D eigenvalue weighted by Crippen LogP contribution is 2.33. The Morgan fingerprint density at radius 2 is 1.76 bits per heavy atom. The first-order chi connectivity index (χ1) is 17.8. The molecule has 0 radical (unpaired) electrons. The van der Waals surface area contributed by atoms with Crippen LogP contribution in [0.2, 0.25) is 0 Å². The minimum Gasteiger partial charge on any atom is -0.490 e. The number of nitrogens with zero attached hydrogens (tertiary/aromatic N) is 1. The number of ether oxygens (including phenoxy) is 2. The molecule has 0 fully saturated rings. The molecule has 2 amide bonds. The van der Waals surface area contributed by atoms with Crippen molar-refractivity contribution >= 4 is 66.5 Å². The first-order valence-electron chi connectivity index (χ1n) is 11.3. The van der Waals surface area contributed by atoms with Crippen LogP contribution in [-0.2, 0) is 4.79 Å². The van der Waals surface area contributed by atoms with E-state index < -0.39 is 5.91 Å². The van der Waals surface area contributed by atoms with Gasteiger partial charge in [0.25, 0.3) is 5.91 Å². The number of aryl methyl sites for hydroxylation is 1. The van der Waals surface area contributed by atoms with Crippen molar-refractivity contribution in [1.29, 1.82) is 0 Å². The minimum atomic E-state index is -0.482. The van der Waals surface area contributed by atoms with E-state index in [1.807, 2.05) is 50.2 Å². The molecule has 0 unspecified atom stereocenters. The molecule has 1 aromatic heterocycles. The molecule has 8 nitrogen and oxygen atoms in total. The van der Waals surface area contributed by atoms with E-state index in [-0.39, 0.29) is 18.3 Å². The molecule has 0 saturated carbocycles. The maximum atomic E-state index is 12.5. The zero-order valence-electron chi connectivity index (χ0n) is 20.0. The third-order valence-corrected chi connectivity index (χ3v) is 6.31. The summed E-state index contributed by atoms with van der Waals surface area (Å²) in [6.07, 6.45) is 1.47. The summed E-state index contributed by atoms with van der Waals surface area (Å²) >= 11 is 6.88. The molecule has 3 aromatic carbocycles. The maximum absolute atomic E-state index is 12.5. The number of amides is 2. The number of hydrazone groups is 1. The Morgan fingerprint density at radius 1 is 1.00 bits per heavy atom. The fourth-order valence-electron chi connectivity index (χ4n) is 3.35.